The van der Waals surface area contributed by atoms with Crippen molar-refractivity contribution in [3.05, 3.63) is 29.8 Å². The number of hydrogen-bond donors (Lipinski definition) is 0. The zero-order valence-electron chi connectivity index (χ0n) is 14.0. The Bertz CT molecular complexity index is 470. The van der Waals surface area contributed by atoms with E-state index in [-0.39, 0.29) is 5.92 Å². The highest BCUT2D eigenvalue weighted by Gasteiger charge is 2.28. The lowest BCUT2D eigenvalue weighted by molar-refractivity contribution is -0.137. The van der Waals surface area contributed by atoms with Gasteiger partial charge in [0.1, 0.15) is 0 Å². The maximum absolute atomic E-state index is 12.5. The van der Waals surface area contributed by atoms with Crippen molar-refractivity contribution in [2.75, 3.05) is 32.4 Å². The van der Waals surface area contributed by atoms with Crippen LogP contribution in [-0.4, -0.2) is 48.1 Å². The van der Waals surface area contributed by atoms with Gasteiger partial charge in [-0.2, -0.15) is 0 Å². The second-order valence-electron chi connectivity index (χ2n) is 5.93. The third-order valence-corrected chi connectivity index (χ3v) is 5.24. The molecule has 1 aliphatic heterocycles. The molecule has 1 amide bonds. The second kappa shape index (κ2) is 8.59. The van der Waals surface area contributed by atoms with Crippen LogP contribution in [-0.2, 0) is 11.3 Å². The molecule has 0 saturated carbocycles. The summed E-state index contributed by atoms with van der Waals surface area (Å²) in [5, 5.41) is 0. The predicted octanol–water partition coefficient (Wildman–Crippen LogP) is 3.49. The van der Waals surface area contributed by atoms with Crippen LogP contribution in [0.1, 0.15) is 32.3 Å². The van der Waals surface area contributed by atoms with Crippen molar-refractivity contribution in [2.45, 2.75) is 38.1 Å². The Labute approximate surface area is 139 Å². The lowest BCUT2D eigenvalue weighted by Crippen LogP contribution is -2.44. The van der Waals surface area contributed by atoms with E-state index in [0.717, 1.165) is 45.6 Å². The first-order chi connectivity index (χ1) is 10.7. The number of hydrogen-bond acceptors (Lipinski definition) is 3. The van der Waals surface area contributed by atoms with E-state index in [0.29, 0.717) is 5.91 Å². The van der Waals surface area contributed by atoms with Gasteiger partial charge in [-0.05, 0) is 57.2 Å². The fourth-order valence-electron chi connectivity index (χ4n) is 3.18. The summed E-state index contributed by atoms with van der Waals surface area (Å²) in [7, 11) is 0. The van der Waals surface area contributed by atoms with Crippen LogP contribution < -0.4 is 0 Å². The van der Waals surface area contributed by atoms with Gasteiger partial charge in [0.05, 0.1) is 5.92 Å². The largest absolute Gasteiger partial charge is 0.343 e. The van der Waals surface area contributed by atoms with E-state index < -0.39 is 0 Å². The van der Waals surface area contributed by atoms with Gasteiger partial charge in [0.15, 0.2) is 0 Å². The molecule has 2 rings (SSSR count). The number of piperidine rings is 1. The summed E-state index contributed by atoms with van der Waals surface area (Å²) in [5.74, 6) is 0.520. The highest BCUT2D eigenvalue weighted by atomic mass is 32.2. The van der Waals surface area contributed by atoms with Crippen LogP contribution in [0.5, 0.6) is 0 Å². The molecule has 122 valence electrons. The number of amides is 1. The zero-order chi connectivity index (χ0) is 15.9. The molecule has 1 unspecified atom stereocenters. The van der Waals surface area contributed by atoms with Crippen LogP contribution in [0.2, 0.25) is 0 Å². The van der Waals surface area contributed by atoms with Crippen molar-refractivity contribution in [1.29, 1.82) is 0 Å². The molecule has 0 aromatic heterocycles. The van der Waals surface area contributed by atoms with Gasteiger partial charge in [-0.3, -0.25) is 9.69 Å². The van der Waals surface area contributed by atoms with Crippen LogP contribution in [0.15, 0.2) is 29.2 Å². The van der Waals surface area contributed by atoms with E-state index in [9.17, 15) is 4.79 Å². The second-order valence-corrected chi connectivity index (χ2v) is 6.81. The fourth-order valence-corrected chi connectivity index (χ4v) is 3.59. The topological polar surface area (TPSA) is 23.6 Å². The molecule has 0 spiro atoms. The number of carbonyl (C=O) groups is 1. The number of nitrogens with zero attached hydrogens (tertiary/aromatic N) is 2. The zero-order valence-corrected chi connectivity index (χ0v) is 14.9. The van der Waals surface area contributed by atoms with Gasteiger partial charge >= 0.3 is 0 Å². The Balaban J connectivity index is 1.93. The fraction of sp³-hybridized carbons (Fsp3) is 0.611. The van der Waals surface area contributed by atoms with E-state index in [1.54, 1.807) is 11.8 Å². The Morgan fingerprint density at radius 1 is 1.27 bits per heavy atom. The molecule has 0 N–H and O–H groups in total. The Kier molecular flexibility index (Phi) is 6.77. The van der Waals surface area contributed by atoms with Gasteiger partial charge in [-0.15, -0.1) is 11.8 Å². The smallest absolute Gasteiger partial charge is 0.226 e. The first-order valence-electron chi connectivity index (χ1n) is 8.32. The number of thioether (sulfide) groups is 1. The maximum atomic E-state index is 12.5. The molecule has 1 heterocycles. The highest BCUT2D eigenvalue weighted by Crippen LogP contribution is 2.22. The molecule has 1 aromatic carbocycles. The number of carbonyl (C=O) groups excluding carboxylic acids is 1. The summed E-state index contributed by atoms with van der Waals surface area (Å²) in [5.41, 5.74) is 1.34. The van der Waals surface area contributed by atoms with Gasteiger partial charge in [0, 0.05) is 31.1 Å². The van der Waals surface area contributed by atoms with E-state index in [1.807, 2.05) is 4.90 Å². The average molecular weight is 321 g/mol. The monoisotopic (exact) mass is 320 g/mol. The molecular weight excluding hydrogens is 292 g/mol. The van der Waals surface area contributed by atoms with E-state index >= 15 is 0 Å². The molecule has 0 aliphatic carbocycles. The van der Waals surface area contributed by atoms with Crippen LogP contribution in [0.4, 0.5) is 0 Å². The summed E-state index contributed by atoms with van der Waals surface area (Å²) in [6.45, 7) is 8.73. The molecule has 3 nitrogen and oxygen atoms in total. The maximum Gasteiger partial charge on any atom is 0.226 e. The lowest BCUT2D eigenvalue weighted by Gasteiger charge is -2.34. The summed E-state index contributed by atoms with van der Waals surface area (Å²) in [6.07, 6.45) is 4.26. The van der Waals surface area contributed by atoms with E-state index in [4.69, 9.17) is 0 Å². The highest BCUT2D eigenvalue weighted by molar-refractivity contribution is 7.98. The third kappa shape index (κ3) is 4.50. The molecule has 1 saturated heterocycles. The van der Waals surface area contributed by atoms with Crippen molar-refractivity contribution in [2.24, 2.45) is 5.92 Å². The molecule has 1 aromatic rings. The molecule has 4 heteroatoms. The van der Waals surface area contributed by atoms with E-state index in [2.05, 4.69) is 49.3 Å². The Hall–Kier alpha value is -1.00. The molecule has 1 atom stereocenters. The van der Waals surface area contributed by atoms with Crippen molar-refractivity contribution in [1.82, 2.24) is 9.80 Å². The first kappa shape index (κ1) is 17.4. The minimum absolute atomic E-state index is 0.180. The van der Waals surface area contributed by atoms with Crippen molar-refractivity contribution in [3.8, 4) is 0 Å². The Morgan fingerprint density at radius 3 is 2.55 bits per heavy atom. The summed E-state index contributed by atoms with van der Waals surface area (Å²) >= 11 is 1.77. The SMILES string of the molecule is CCN(CC)C(=O)C1CCCN(Cc2ccc(SC)cc2)C1. The minimum atomic E-state index is 0.180. The van der Waals surface area contributed by atoms with Gasteiger partial charge in [-0.1, -0.05) is 12.1 Å². The van der Waals surface area contributed by atoms with Gasteiger partial charge < -0.3 is 4.90 Å². The van der Waals surface area contributed by atoms with Crippen LogP contribution in [0.3, 0.4) is 0 Å². The van der Waals surface area contributed by atoms with Crippen LogP contribution in [0.25, 0.3) is 0 Å². The summed E-state index contributed by atoms with van der Waals surface area (Å²) in [4.78, 5) is 18.2. The third-order valence-electron chi connectivity index (χ3n) is 4.50. The minimum Gasteiger partial charge on any atom is -0.343 e. The van der Waals surface area contributed by atoms with Crippen molar-refractivity contribution >= 4 is 17.7 Å². The molecule has 22 heavy (non-hydrogen) atoms. The molecular formula is C18H28N2OS. The average Bonchev–Trinajstić information content (AvgIpc) is 2.57. The molecule has 1 aliphatic rings. The quantitative estimate of drug-likeness (QED) is 0.750. The summed E-state index contributed by atoms with van der Waals surface area (Å²) in [6, 6.07) is 8.79. The van der Waals surface area contributed by atoms with Crippen molar-refractivity contribution < 1.29 is 4.79 Å². The number of likely N-dealkylation sites (tertiary alicyclic amines) is 1. The number of benzene rings is 1. The van der Waals surface area contributed by atoms with Gasteiger partial charge in [0.2, 0.25) is 5.91 Å². The summed E-state index contributed by atoms with van der Waals surface area (Å²) < 4.78 is 0. The van der Waals surface area contributed by atoms with Crippen LogP contribution >= 0.6 is 11.8 Å². The van der Waals surface area contributed by atoms with Gasteiger partial charge in [-0.25, -0.2) is 0 Å². The molecule has 0 bridgehead atoms. The molecule has 1 fully saturated rings. The molecule has 0 radical (unpaired) electrons. The van der Waals surface area contributed by atoms with Crippen LogP contribution in [0, 0.1) is 5.92 Å². The first-order valence-corrected chi connectivity index (χ1v) is 9.54. The van der Waals surface area contributed by atoms with Gasteiger partial charge in [0.25, 0.3) is 0 Å². The Morgan fingerprint density at radius 2 is 1.95 bits per heavy atom. The lowest BCUT2D eigenvalue weighted by atomic mass is 9.96. The standard InChI is InChI=1S/C18H28N2OS/c1-4-20(5-2)18(21)16-7-6-12-19(14-16)13-15-8-10-17(22-3)11-9-15/h8-11,16H,4-7,12-14H2,1-3H3. The van der Waals surface area contributed by atoms with Crippen molar-refractivity contribution in [3.63, 3.8) is 0 Å². The number of rotatable bonds is 6. The predicted molar refractivity (Wildman–Crippen MR) is 94.2 cm³/mol. The van der Waals surface area contributed by atoms with E-state index in [1.165, 1.54) is 10.5 Å². The normalized spacial score (nSPS) is 19.1.